The first kappa shape index (κ1) is 10.2. The van der Waals surface area contributed by atoms with Gasteiger partial charge in [0, 0.05) is 19.3 Å². The number of pyridine rings is 1. The van der Waals surface area contributed by atoms with Crippen molar-refractivity contribution in [3.63, 3.8) is 0 Å². The van der Waals surface area contributed by atoms with Gasteiger partial charge in [0.25, 0.3) is 0 Å². The lowest BCUT2D eigenvalue weighted by atomic mass is 10.3. The van der Waals surface area contributed by atoms with Crippen LogP contribution in [0.3, 0.4) is 0 Å². The molecular weight excluding hydrogens is 190 g/mol. The van der Waals surface area contributed by atoms with E-state index >= 15 is 0 Å². The predicted molar refractivity (Wildman–Crippen MR) is 60.7 cm³/mol. The molecule has 2 rings (SSSR count). The molecule has 1 aliphatic carbocycles. The minimum Gasteiger partial charge on any atom is -0.395 e. The van der Waals surface area contributed by atoms with Gasteiger partial charge in [0.05, 0.1) is 12.3 Å². The van der Waals surface area contributed by atoms with Gasteiger partial charge in [-0.15, -0.1) is 0 Å². The third-order valence-electron chi connectivity index (χ3n) is 2.70. The molecule has 0 saturated heterocycles. The molecule has 4 heteroatoms. The highest BCUT2D eigenvalue weighted by molar-refractivity contribution is 5.62. The van der Waals surface area contributed by atoms with Crippen molar-refractivity contribution >= 4 is 11.5 Å². The molecular formula is C11H17N3O. The van der Waals surface area contributed by atoms with E-state index in [0.717, 1.165) is 18.2 Å². The Labute approximate surface area is 89.7 Å². The van der Waals surface area contributed by atoms with Gasteiger partial charge in [0.2, 0.25) is 0 Å². The molecule has 82 valence electrons. The Hall–Kier alpha value is -1.29. The van der Waals surface area contributed by atoms with Crippen LogP contribution in [0.25, 0.3) is 0 Å². The molecule has 1 aromatic rings. The highest BCUT2D eigenvalue weighted by atomic mass is 16.3. The van der Waals surface area contributed by atoms with Gasteiger partial charge in [0.1, 0.15) is 5.82 Å². The molecule has 1 saturated carbocycles. The lowest BCUT2D eigenvalue weighted by molar-refractivity contribution is 0.301. The van der Waals surface area contributed by atoms with Crippen molar-refractivity contribution in [1.29, 1.82) is 0 Å². The number of rotatable bonds is 5. The van der Waals surface area contributed by atoms with Crippen LogP contribution < -0.4 is 10.6 Å². The number of aliphatic hydroxyl groups is 1. The number of nitrogens with two attached hydrogens (primary N) is 1. The molecule has 0 unspecified atom stereocenters. The quantitative estimate of drug-likeness (QED) is 0.752. The SMILES string of the molecule is Nc1ncccc1N(CCO)CC1CC1. The molecule has 1 aliphatic rings. The fraction of sp³-hybridized carbons (Fsp3) is 0.545. The van der Waals surface area contributed by atoms with Crippen molar-refractivity contribution in [3.05, 3.63) is 18.3 Å². The van der Waals surface area contributed by atoms with Crippen molar-refractivity contribution in [2.75, 3.05) is 30.3 Å². The summed E-state index contributed by atoms with van der Waals surface area (Å²) in [7, 11) is 0. The lowest BCUT2D eigenvalue weighted by Gasteiger charge is -2.24. The molecule has 0 bridgehead atoms. The first-order valence-electron chi connectivity index (χ1n) is 5.37. The molecule has 0 spiro atoms. The molecule has 0 amide bonds. The van der Waals surface area contributed by atoms with E-state index in [9.17, 15) is 0 Å². The topological polar surface area (TPSA) is 62.4 Å². The molecule has 0 radical (unpaired) electrons. The Kier molecular flexibility index (Phi) is 3.06. The minimum atomic E-state index is 0.154. The first-order valence-corrected chi connectivity index (χ1v) is 5.37. The monoisotopic (exact) mass is 207 g/mol. The van der Waals surface area contributed by atoms with Crippen LogP contribution in [0.2, 0.25) is 0 Å². The summed E-state index contributed by atoms with van der Waals surface area (Å²) in [5.41, 5.74) is 6.76. The van der Waals surface area contributed by atoms with E-state index in [1.54, 1.807) is 6.20 Å². The first-order chi connectivity index (χ1) is 7.31. The van der Waals surface area contributed by atoms with Crippen LogP contribution in [-0.2, 0) is 0 Å². The van der Waals surface area contributed by atoms with Gasteiger partial charge in [-0.1, -0.05) is 0 Å². The van der Waals surface area contributed by atoms with E-state index in [1.807, 2.05) is 12.1 Å². The molecule has 1 aromatic heterocycles. The van der Waals surface area contributed by atoms with E-state index in [4.69, 9.17) is 10.8 Å². The van der Waals surface area contributed by atoms with Gasteiger partial charge < -0.3 is 15.7 Å². The summed E-state index contributed by atoms with van der Waals surface area (Å²) in [4.78, 5) is 6.19. The molecule has 0 aromatic carbocycles. The number of aromatic nitrogens is 1. The fourth-order valence-corrected chi connectivity index (χ4v) is 1.72. The Morgan fingerprint density at radius 2 is 2.33 bits per heavy atom. The van der Waals surface area contributed by atoms with Gasteiger partial charge >= 0.3 is 0 Å². The summed E-state index contributed by atoms with van der Waals surface area (Å²) >= 11 is 0. The summed E-state index contributed by atoms with van der Waals surface area (Å²) in [5, 5.41) is 9.02. The van der Waals surface area contributed by atoms with Crippen LogP contribution in [0, 0.1) is 5.92 Å². The Morgan fingerprint density at radius 1 is 1.53 bits per heavy atom. The van der Waals surface area contributed by atoms with Crippen molar-refractivity contribution in [1.82, 2.24) is 4.98 Å². The van der Waals surface area contributed by atoms with E-state index < -0.39 is 0 Å². The maximum atomic E-state index is 9.02. The zero-order valence-electron chi connectivity index (χ0n) is 8.76. The summed E-state index contributed by atoms with van der Waals surface area (Å²) in [6, 6.07) is 3.84. The van der Waals surface area contributed by atoms with Crippen molar-refractivity contribution in [2.24, 2.45) is 5.92 Å². The Balaban J connectivity index is 2.11. The van der Waals surface area contributed by atoms with Crippen LogP contribution in [0.15, 0.2) is 18.3 Å². The maximum Gasteiger partial charge on any atom is 0.146 e. The van der Waals surface area contributed by atoms with Crippen molar-refractivity contribution < 1.29 is 5.11 Å². The number of hydrogen-bond acceptors (Lipinski definition) is 4. The predicted octanol–water partition coefficient (Wildman–Crippen LogP) is 0.872. The summed E-state index contributed by atoms with van der Waals surface area (Å²) in [5.74, 6) is 1.32. The van der Waals surface area contributed by atoms with E-state index in [1.165, 1.54) is 12.8 Å². The van der Waals surface area contributed by atoms with E-state index in [-0.39, 0.29) is 6.61 Å². The summed E-state index contributed by atoms with van der Waals surface area (Å²) in [6.07, 6.45) is 4.28. The number of nitrogens with zero attached hydrogens (tertiary/aromatic N) is 2. The molecule has 3 N–H and O–H groups in total. The van der Waals surface area contributed by atoms with Crippen molar-refractivity contribution in [2.45, 2.75) is 12.8 Å². The zero-order chi connectivity index (χ0) is 10.7. The minimum absolute atomic E-state index is 0.154. The van der Waals surface area contributed by atoms with Crippen molar-refractivity contribution in [3.8, 4) is 0 Å². The van der Waals surface area contributed by atoms with E-state index in [2.05, 4.69) is 9.88 Å². The number of nitrogen functional groups attached to an aromatic ring is 1. The second-order valence-corrected chi connectivity index (χ2v) is 4.02. The second-order valence-electron chi connectivity index (χ2n) is 4.02. The van der Waals surface area contributed by atoms with Gasteiger partial charge in [0.15, 0.2) is 0 Å². The molecule has 1 heterocycles. The van der Waals surface area contributed by atoms with E-state index in [0.29, 0.717) is 12.4 Å². The summed E-state index contributed by atoms with van der Waals surface area (Å²) in [6.45, 7) is 1.77. The Morgan fingerprint density at radius 3 is 2.93 bits per heavy atom. The van der Waals surface area contributed by atoms with Gasteiger partial charge in [-0.25, -0.2) is 4.98 Å². The van der Waals surface area contributed by atoms with Gasteiger partial charge in [-0.3, -0.25) is 0 Å². The zero-order valence-corrected chi connectivity index (χ0v) is 8.76. The summed E-state index contributed by atoms with van der Waals surface area (Å²) < 4.78 is 0. The largest absolute Gasteiger partial charge is 0.395 e. The van der Waals surface area contributed by atoms with Crippen LogP contribution in [0.4, 0.5) is 11.5 Å². The highest BCUT2D eigenvalue weighted by Gasteiger charge is 2.25. The molecule has 0 aliphatic heterocycles. The third-order valence-corrected chi connectivity index (χ3v) is 2.70. The highest BCUT2D eigenvalue weighted by Crippen LogP contribution is 2.32. The van der Waals surface area contributed by atoms with Crippen LogP contribution in [0.5, 0.6) is 0 Å². The average molecular weight is 207 g/mol. The molecule has 0 atom stereocenters. The number of hydrogen-bond donors (Lipinski definition) is 2. The third kappa shape index (κ3) is 2.59. The molecule has 15 heavy (non-hydrogen) atoms. The fourth-order valence-electron chi connectivity index (χ4n) is 1.72. The molecule has 1 fully saturated rings. The Bertz CT molecular complexity index is 325. The van der Waals surface area contributed by atoms with Crippen LogP contribution >= 0.6 is 0 Å². The molecule has 4 nitrogen and oxygen atoms in total. The standard InChI is InChI=1S/C11H17N3O/c12-11-10(2-1-5-13-11)14(6-7-15)8-9-3-4-9/h1-2,5,9,15H,3-4,6-8H2,(H2,12,13). The van der Waals surface area contributed by atoms with Crippen LogP contribution in [-0.4, -0.2) is 29.8 Å². The van der Waals surface area contributed by atoms with Crippen LogP contribution in [0.1, 0.15) is 12.8 Å². The number of anilines is 2. The van der Waals surface area contributed by atoms with Gasteiger partial charge in [-0.2, -0.15) is 0 Å². The second kappa shape index (κ2) is 4.49. The average Bonchev–Trinajstić information content (AvgIpc) is 3.02. The number of aliphatic hydroxyl groups excluding tert-OH is 1. The normalized spacial score (nSPS) is 15.3. The van der Waals surface area contributed by atoms with Gasteiger partial charge in [-0.05, 0) is 30.9 Å². The lowest BCUT2D eigenvalue weighted by Crippen LogP contribution is -2.29. The maximum absolute atomic E-state index is 9.02. The smallest absolute Gasteiger partial charge is 0.146 e.